The first-order chi connectivity index (χ1) is 14.5. The number of amides is 4. The summed E-state index contributed by atoms with van der Waals surface area (Å²) in [4.78, 5) is 40.7. The molecule has 2 heterocycles. The second-order valence-corrected chi connectivity index (χ2v) is 8.82. The fourth-order valence-corrected chi connectivity index (χ4v) is 4.79. The van der Waals surface area contributed by atoms with Crippen molar-refractivity contribution in [3.63, 3.8) is 0 Å². The largest absolute Gasteiger partial charge is 0.375 e. The molecule has 2 atom stereocenters. The summed E-state index contributed by atoms with van der Waals surface area (Å²) in [5.74, 6) is -0.328. The molecule has 1 aromatic carbocycles. The Bertz CT molecular complexity index is 793. The maximum Gasteiger partial charge on any atom is 0.325 e. The molecule has 0 aromatic heterocycles. The molecular weight excluding hydrogens is 382 g/mol. The lowest BCUT2D eigenvalue weighted by Gasteiger charge is -2.39. The minimum absolute atomic E-state index is 0.0394. The van der Waals surface area contributed by atoms with E-state index in [-0.39, 0.29) is 30.4 Å². The molecule has 0 unspecified atom stereocenters. The maximum atomic E-state index is 13.0. The highest BCUT2D eigenvalue weighted by Gasteiger charge is 2.55. The van der Waals surface area contributed by atoms with Crippen LogP contribution in [-0.4, -0.2) is 65.5 Å². The number of rotatable bonds is 7. The number of hydrogen-bond acceptors (Lipinski definition) is 4. The first-order valence-electron chi connectivity index (χ1n) is 11.1. The van der Waals surface area contributed by atoms with Crippen molar-refractivity contribution in [3.05, 3.63) is 35.9 Å². The quantitative estimate of drug-likeness (QED) is 0.550. The molecule has 7 heteroatoms. The van der Waals surface area contributed by atoms with E-state index in [1.54, 1.807) is 4.90 Å². The van der Waals surface area contributed by atoms with Gasteiger partial charge in [0.25, 0.3) is 5.91 Å². The van der Waals surface area contributed by atoms with Gasteiger partial charge in [0, 0.05) is 19.7 Å². The van der Waals surface area contributed by atoms with Crippen molar-refractivity contribution in [2.24, 2.45) is 5.92 Å². The smallest absolute Gasteiger partial charge is 0.325 e. The van der Waals surface area contributed by atoms with Crippen LogP contribution in [0.2, 0.25) is 0 Å². The Kier molecular flexibility index (Phi) is 6.09. The Morgan fingerprint density at radius 1 is 1.20 bits per heavy atom. The first-order valence-corrected chi connectivity index (χ1v) is 11.1. The number of carbonyl (C=O) groups excluding carboxylic acids is 3. The number of carbonyl (C=O) groups is 3. The summed E-state index contributed by atoms with van der Waals surface area (Å²) in [6.07, 6.45) is 5.53. The third-order valence-electron chi connectivity index (χ3n) is 6.80. The normalized spacial score (nSPS) is 26.8. The van der Waals surface area contributed by atoms with E-state index in [1.807, 2.05) is 25.1 Å². The summed E-state index contributed by atoms with van der Waals surface area (Å²) < 4.78 is 5.84. The zero-order chi connectivity index (χ0) is 21.1. The van der Waals surface area contributed by atoms with Gasteiger partial charge >= 0.3 is 6.03 Å². The fourth-order valence-electron chi connectivity index (χ4n) is 4.79. The van der Waals surface area contributed by atoms with Gasteiger partial charge in [-0.05, 0) is 37.2 Å². The van der Waals surface area contributed by atoms with E-state index in [4.69, 9.17) is 4.74 Å². The number of urea groups is 1. The van der Waals surface area contributed by atoms with Gasteiger partial charge in [0.1, 0.15) is 12.1 Å². The lowest BCUT2D eigenvalue weighted by atomic mass is 9.73. The number of imide groups is 1. The summed E-state index contributed by atoms with van der Waals surface area (Å²) in [6, 6.07) is 9.86. The molecule has 4 amide bonds. The number of aryl methyl sites for hydroxylation is 1. The van der Waals surface area contributed by atoms with Crippen LogP contribution in [0.15, 0.2) is 30.3 Å². The number of ether oxygens (including phenoxy) is 1. The SMILES string of the molecule is C[C@@H]1CCCC[C@]12NC(=O)N(CC(=O)N1CC(OCCCc3ccccc3)C1)C2=O. The average molecular weight is 414 g/mol. The van der Waals surface area contributed by atoms with Gasteiger partial charge in [-0.1, -0.05) is 50.1 Å². The second-order valence-electron chi connectivity index (χ2n) is 8.82. The average Bonchev–Trinajstić information content (AvgIpc) is 2.94. The van der Waals surface area contributed by atoms with E-state index in [0.29, 0.717) is 26.1 Å². The molecule has 2 aliphatic heterocycles. The molecule has 30 heavy (non-hydrogen) atoms. The van der Waals surface area contributed by atoms with Gasteiger partial charge in [0.05, 0.1) is 6.10 Å². The van der Waals surface area contributed by atoms with Crippen molar-refractivity contribution in [3.8, 4) is 0 Å². The molecule has 7 nitrogen and oxygen atoms in total. The lowest BCUT2D eigenvalue weighted by molar-refractivity contribution is -0.149. The molecule has 0 bridgehead atoms. The van der Waals surface area contributed by atoms with Crippen molar-refractivity contribution in [1.82, 2.24) is 15.1 Å². The third-order valence-corrected chi connectivity index (χ3v) is 6.80. The van der Waals surface area contributed by atoms with E-state index in [0.717, 1.165) is 37.0 Å². The van der Waals surface area contributed by atoms with Crippen LogP contribution >= 0.6 is 0 Å². The predicted molar refractivity (Wildman–Crippen MR) is 112 cm³/mol. The molecule has 4 rings (SSSR count). The highest BCUT2D eigenvalue weighted by Crippen LogP contribution is 2.38. The van der Waals surface area contributed by atoms with E-state index >= 15 is 0 Å². The lowest BCUT2D eigenvalue weighted by Crippen LogP contribution is -2.58. The van der Waals surface area contributed by atoms with Gasteiger partial charge in [-0.15, -0.1) is 0 Å². The molecule has 1 saturated carbocycles. The van der Waals surface area contributed by atoms with E-state index in [1.165, 1.54) is 5.56 Å². The molecule has 1 aromatic rings. The van der Waals surface area contributed by atoms with E-state index in [9.17, 15) is 14.4 Å². The topological polar surface area (TPSA) is 79.0 Å². The molecule has 3 aliphatic rings. The zero-order valence-electron chi connectivity index (χ0n) is 17.6. The van der Waals surface area contributed by atoms with Gasteiger partial charge in [0.15, 0.2) is 0 Å². The van der Waals surface area contributed by atoms with Crippen LogP contribution in [0.3, 0.4) is 0 Å². The van der Waals surface area contributed by atoms with Crippen molar-refractivity contribution in [2.45, 2.75) is 57.1 Å². The van der Waals surface area contributed by atoms with E-state index < -0.39 is 11.6 Å². The van der Waals surface area contributed by atoms with Crippen LogP contribution in [0.5, 0.6) is 0 Å². The second kappa shape index (κ2) is 8.76. The van der Waals surface area contributed by atoms with Crippen LogP contribution in [0, 0.1) is 5.92 Å². The molecule has 3 fully saturated rings. The summed E-state index contributed by atoms with van der Waals surface area (Å²) in [6.45, 7) is 3.54. The number of nitrogens with zero attached hydrogens (tertiary/aromatic N) is 2. The molecule has 162 valence electrons. The monoisotopic (exact) mass is 413 g/mol. The Balaban J connectivity index is 1.19. The minimum Gasteiger partial charge on any atom is -0.375 e. The Hall–Kier alpha value is -2.41. The van der Waals surface area contributed by atoms with Gasteiger partial charge in [-0.25, -0.2) is 4.79 Å². The van der Waals surface area contributed by atoms with Crippen molar-refractivity contribution in [2.75, 3.05) is 26.2 Å². The molecular formula is C23H31N3O4. The molecule has 2 saturated heterocycles. The van der Waals surface area contributed by atoms with Gasteiger partial charge < -0.3 is 15.0 Å². The highest BCUT2D eigenvalue weighted by molar-refractivity contribution is 6.09. The summed E-state index contributed by atoms with van der Waals surface area (Å²) >= 11 is 0. The van der Waals surface area contributed by atoms with Gasteiger partial charge in [-0.3, -0.25) is 14.5 Å². The third kappa shape index (κ3) is 4.08. The number of nitrogens with one attached hydrogen (secondary N) is 1. The molecule has 1 N–H and O–H groups in total. The van der Waals surface area contributed by atoms with Crippen molar-refractivity contribution >= 4 is 17.8 Å². The Morgan fingerprint density at radius 2 is 1.97 bits per heavy atom. The predicted octanol–water partition coefficient (Wildman–Crippen LogP) is 2.35. The van der Waals surface area contributed by atoms with Crippen LogP contribution in [0.4, 0.5) is 4.79 Å². The van der Waals surface area contributed by atoms with Gasteiger partial charge in [0.2, 0.25) is 5.91 Å². The Labute approximate surface area is 177 Å². The van der Waals surface area contributed by atoms with Crippen molar-refractivity contribution < 1.29 is 19.1 Å². The summed E-state index contributed by atoms with van der Waals surface area (Å²) in [5, 5.41) is 2.90. The Morgan fingerprint density at radius 3 is 2.70 bits per heavy atom. The van der Waals surface area contributed by atoms with E-state index in [2.05, 4.69) is 17.4 Å². The standard InChI is InChI=1S/C23H31N3O4/c1-17-8-5-6-12-23(17)21(28)26(22(29)24-23)16-20(27)25-14-19(15-25)30-13-7-11-18-9-3-2-4-10-18/h2-4,9-10,17,19H,5-8,11-16H2,1H3,(H,24,29)/t17-,23+/m1/s1. The summed E-state index contributed by atoms with van der Waals surface area (Å²) in [7, 11) is 0. The number of hydrogen-bond donors (Lipinski definition) is 1. The van der Waals surface area contributed by atoms with Crippen LogP contribution in [-0.2, 0) is 20.7 Å². The number of benzene rings is 1. The fraction of sp³-hybridized carbons (Fsp3) is 0.609. The highest BCUT2D eigenvalue weighted by atomic mass is 16.5. The summed E-state index contributed by atoms with van der Waals surface area (Å²) in [5.41, 5.74) is 0.486. The maximum absolute atomic E-state index is 13.0. The molecule has 1 spiro atoms. The number of likely N-dealkylation sites (tertiary alicyclic amines) is 1. The van der Waals surface area contributed by atoms with Gasteiger partial charge in [-0.2, -0.15) is 0 Å². The first kappa shape index (κ1) is 20.8. The zero-order valence-corrected chi connectivity index (χ0v) is 17.6. The minimum atomic E-state index is -0.811. The van der Waals surface area contributed by atoms with Crippen LogP contribution < -0.4 is 5.32 Å². The molecule has 1 aliphatic carbocycles. The van der Waals surface area contributed by atoms with Crippen LogP contribution in [0.1, 0.15) is 44.6 Å². The van der Waals surface area contributed by atoms with Crippen molar-refractivity contribution in [1.29, 1.82) is 0 Å². The molecule has 0 radical (unpaired) electrons. The van der Waals surface area contributed by atoms with Crippen LogP contribution in [0.25, 0.3) is 0 Å².